The lowest BCUT2D eigenvalue weighted by molar-refractivity contribution is -0.161. The predicted molar refractivity (Wildman–Crippen MR) is 215 cm³/mol. The van der Waals surface area contributed by atoms with Crippen molar-refractivity contribution >= 4 is 19.8 Å². The largest absolute Gasteiger partial charge is 0.469 e. The Labute approximate surface area is 320 Å². The van der Waals surface area contributed by atoms with Crippen LogP contribution in [-0.4, -0.2) is 53.3 Å². The van der Waals surface area contributed by atoms with Gasteiger partial charge in [-0.2, -0.15) is 0 Å². The maximum absolute atomic E-state index is 12.4. The number of unbranched alkanes of at least 4 members (excludes halogenated alkanes) is 8. The number of phosphoric ester groups is 1. The molecular weight excluding hydrogens is 691 g/mol. The molecule has 0 saturated carbocycles. The van der Waals surface area contributed by atoms with Crippen LogP contribution < -0.4 is 0 Å². The van der Waals surface area contributed by atoms with E-state index in [1.165, 1.54) is 38.5 Å². The first-order valence-electron chi connectivity index (χ1n) is 20.0. The van der Waals surface area contributed by atoms with Gasteiger partial charge in [0.25, 0.3) is 0 Å². The van der Waals surface area contributed by atoms with Crippen LogP contribution in [0.3, 0.4) is 0 Å². The van der Waals surface area contributed by atoms with Crippen LogP contribution in [0.25, 0.3) is 0 Å². The van der Waals surface area contributed by atoms with Crippen LogP contribution in [0.5, 0.6) is 0 Å². The van der Waals surface area contributed by atoms with E-state index in [1.807, 2.05) is 18.2 Å². The molecule has 2 N–H and O–H groups in total. The Balaban J connectivity index is 2.18. The van der Waals surface area contributed by atoms with E-state index in [4.69, 9.17) is 24.0 Å². The molecule has 0 aromatic heterocycles. The second-order valence-corrected chi connectivity index (χ2v) is 14.5. The molecule has 1 aliphatic heterocycles. The van der Waals surface area contributed by atoms with Crippen molar-refractivity contribution in [3.05, 3.63) is 85.1 Å². The minimum Gasteiger partial charge on any atom is -0.462 e. The van der Waals surface area contributed by atoms with Crippen molar-refractivity contribution in [3.8, 4) is 0 Å². The molecule has 3 atom stereocenters. The SMILES string of the molecule is CCCCC/C=C\C/C=C\C/C=C\C/C=C\CCCC(=O)O[C@H](COC(=O)CCC/C=C\C/C=C\CC1OC1C/C=C\CCCCC)COP(=O)(O)O. The molecule has 2 unspecified atom stereocenters. The summed E-state index contributed by atoms with van der Waals surface area (Å²) in [6.45, 7) is 3.51. The van der Waals surface area contributed by atoms with Crippen molar-refractivity contribution in [2.45, 2.75) is 161 Å². The Hall–Kier alpha value is -2.81. The summed E-state index contributed by atoms with van der Waals surface area (Å²) in [4.78, 5) is 42.8. The first kappa shape index (κ1) is 48.2. The number of allylic oxidation sites excluding steroid dienone is 12. The molecule has 9 nitrogen and oxygen atoms in total. The summed E-state index contributed by atoms with van der Waals surface area (Å²) in [7, 11) is -4.79. The van der Waals surface area contributed by atoms with Gasteiger partial charge in [0.1, 0.15) is 6.61 Å². The average molecular weight is 761 g/mol. The lowest BCUT2D eigenvalue weighted by Crippen LogP contribution is -2.29. The van der Waals surface area contributed by atoms with Crippen molar-refractivity contribution in [3.63, 3.8) is 0 Å². The van der Waals surface area contributed by atoms with E-state index in [1.54, 1.807) is 0 Å². The maximum atomic E-state index is 12.4. The zero-order chi connectivity index (χ0) is 38.7. The van der Waals surface area contributed by atoms with Crippen molar-refractivity contribution in [1.29, 1.82) is 0 Å². The Kier molecular flexibility index (Phi) is 30.7. The van der Waals surface area contributed by atoms with E-state index < -0.39 is 32.5 Å². The summed E-state index contributed by atoms with van der Waals surface area (Å²) in [6.07, 6.45) is 47.7. The molecular formula is C43H69O9P. The van der Waals surface area contributed by atoms with Crippen molar-refractivity contribution in [1.82, 2.24) is 0 Å². The molecule has 0 aromatic carbocycles. The highest BCUT2D eigenvalue weighted by Crippen LogP contribution is 2.36. The van der Waals surface area contributed by atoms with Gasteiger partial charge in [0.15, 0.2) is 6.10 Å². The van der Waals surface area contributed by atoms with Gasteiger partial charge in [-0.25, -0.2) is 4.57 Å². The van der Waals surface area contributed by atoms with Gasteiger partial charge in [0.05, 0.1) is 18.8 Å². The van der Waals surface area contributed by atoms with Gasteiger partial charge < -0.3 is 24.0 Å². The summed E-state index contributed by atoms with van der Waals surface area (Å²) in [5.74, 6) is -1.03. The molecule has 1 rings (SSSR count). The van der Waals surface area contributed by atoms with E-state index in [9.17, 15) is 14.2 Å². The number of carbonyl (C=O) groups is 2. The number of esters is 2. The molecule has 1 aliphatic rings. The predicted octanol–water partition coefficient (Wildman–Crippen LogP) is 11.1. The number of rotatable bonds is 34. The van der Waals surface area contributed by atoms with Crippen LogP contribution in [0.1, 0.15) is 142 Å². The number of phosphoric acid groups is 1. The molecule has 1 heterocycles. The fourth-order valence-electron chi connectivity index (χ4n) is 5.16. The molecule has 0 amide bonds. The van der Waals surface area contributed by atoms with Crippen molar-refractivity contribution < 1.29 is 42.7 Å². The normalized spacial score (nSPS) is 17.2. The van der Waals surface area contributed by atoms with Crippen LogP contribution >= 0.6 is 7.82 Å². The topological polar surface area (TPSA) is 132 Å². The van der Waals surface area contributed by atoms with Gasteiger partial charge in [-0.15, -0.1) is 0 Å². The van der Waals surface area contributed by atoms with Crippen molar-refractivity contribution in [2.75, 3.05) is 13.2 Å². The Bertz CT molecular complexity index is 1190. The quantitative estimate of drug-likeness (QED) is 0.0216. The van der Waals surface area contributed by atoms with E-state index in [0.29, 0.717) is 37.9 Å². The van der Waals surface area contributed by atoms with Crippen LogP contribution in [0.2, 0.25) is 0 Å². The fraction of sp³-hybridized carbons (Fsp3) is 0.628. The number of ether oxygens (including phenoxy) is 3. The molecule has 0 radical (unpaired) electrons. The van der Waals surface area contributed by atoms with Crippen LogP contribution in [-0.2, 0) is 32.9 Å². The standard InChI is InChI=1S/C43H69O9P/c1-3-5-7-9-11-12-13-14-15-16-17-18-19-20-23-28-32-36-43(45)51-39(38-50-53(46,47)48)37-49-42(44)35-31-27-24-21-22-26-30-34-41-40(52-41)33-29-25-10-8-6-4-2/h11-12,14-15,17-18,20-21,23-26,29-30,39-41H,3-10,13,16,19,22,27-28,31-38H2,1-2H3,(H2,46,47,48)/b12-11-,15-14-,18-17-,23-20-,24-21-,29-25-,30-26-/t39-,40?,41?/m1/s1. The van der Waals surface area contributed by atoms with Gasteiger partial charge in [-0.3, -0.25) is 14.1 Å². The van der Waals surface area contributed by atoms with E-state index in [2.05, 4.69) is 85.2 Å². The minimum atomic E-state index is -4.79. The van der Waals surface area contributed by atoms with Gasteiger partial charge in [0, 0.05) is 12.8 Å². The summed E-state index contributed by atoms with van der Waals surface area (Å²) in [5, 5.41) is 0. The number of carbonyl (C=O) groups excluding carboxylic acids is 2. The second-order valence-electron chi connectivity index (χ2n) is 13.3. The van der Waals surface area contributed by atoms with Crippen LogP contribution in [0, 0.1) is 0 Å². The van der Waals surface area contributed by atoms with Gasteiger partial charge >= 0.3 is 19.8 Å². The number of epoxide rings is 1. The smallest absolute Gasteiger partial charge is 0.462 e. The van der Waals surface area contributed by atoms with Gasteiger partial charge in [-0.05, 0) is 89.9 Å². The van der Waals surface area contributed by atoms with Crippen molar-refractivity contribution in [2.24, 2.45) is 0 Å². The van der Waals surface area contributed by atoms with E-state index in [-0.39, 0.29) is 19.4 Å². The van der Waals surface area contributed by atoms with Crippen LogP contribution in [0.4, 0.5) is 0 Å². The maximum Gasteiger partial charge on any atom is 0.469 e. The first-order valence-corrected chi connectivity index (χ1v) is 21.5. The third kappa shape index (κ3) is 33.5. The molecule has 300 valence electrons. The average Bonchev–Trinajstić information content (AvgIpc) is 3.88. The lowest BCUT2D eigenvalue weighted by Gasteiger charge is -2.18. The molecule has 0 aliphatic carbocycles. The van der Waals surface area contributed by atoms with Gasteiger partial charge in [0.2, 0.25) is 0 Å². The third-order valence-corrected chi connectivity index (χ3v) is 8.77. The highest BCUT2D eigenvalue weighted by atomic mass is 31.2. The Morgan fingerprint density at radius 1 is 0.585 bits per heavy atom. The Morgan fingerprint density at radius 2 is 1.00 bits per heavy atom. The first-order chi connectivity index (χ1) is 25.7. The summed E-state index contributed by atoms with van der Waals surface area (Å²) in [6, 6.07) is 0. The summed E-state index contributed by atoms with van der Waals surface area (Å²) in [5.41, 5.74) is 0. The molecule has 53 heavy (non-hydrogen) atoms. The molecule has 10 heteroatoms. The summed E-state index contributed by atoms with van der Waals surface area (Å²) < 4.78 is 32.0. The molecule has 0 aromatic rings. The minimum absolute atomic E-state index is 0.117. The molecule has 1 fully saturated rings. The zero-order valence-corrected chi connectivity index (χ0v) is 33.5. The number of hydrogen-bond donors (Lipinski definition) is 2. The monoisotopic (exact) mass is 760 g/mol. The highest BCUT2D eigenvalue weighted by Gasteiger charge is 2.36. The summed E-state index contributed by atoms with van der Waals surface area (Å²) >= 11 is 0. The van der Waals surface area contributed by atoms with Gasteiger partial charge in [-0.1, -0.05) is 125 Å². The molecule has 1 saturated heterocycles. The Morgan fingerprint density at radius 3 is 1.49 bits per heavy atom. The van der Waals surface area contributed by atoms with Crippen LogP contribution in [0.15, 0.2) is 85.1 Å². The fourth-order valence-corrected chi connectivity index (χ4v) is 5.52. The second kappa shape index (κ2) is 33.7. The zero-order valence-electron chi connectivity index (χ0n) is 32.6. The molecule has 0 spiro atoms. The third-order valence-electron chi connectivity index (χ3n) is 8.29. The molecule has 0 bridgehead atoms. The lowest BCUT2D eigenvalue weighted by atomic mass is 10.1. The van der Waals surface area contributed by atoms with E-state index >= 15 is 0 Å². The highest BCUT2D eigenvalue weighted by molar-refractivity contribution is 7.46. The number of hydrogen-bond acceptors (Lipinski definition) is 7. The van der Waals surface area contributed by atoms with E-state index in [0.717, 1.165) is 51.4 Å².